The molecular weight excluding hydrogens is 400 g/mol. The number of nitrogens with one attached hydrogen (secondary N) is 1. The van der Waals surface area contributed by atoms with Crippen molar-refractivity contribution in [2.24, 2.45) is 0 Å². The van der Waals surface area contributed by atoms with Crippen molar-refractivity contribution in [1.29, 1.82) is 0 Å². The van der Waals surface area contributed by atoms with Crippen LogP contribution >= 0.6 is 0 Å². The van der Waals surface area contributed by atoms with Crippen LogP contribution < -0.4 is 0 Å². The van der Waals surface area contributed by atoms with Crippen molar-refractivity contribution in [3.8, 4) is 0 Å². The summed E-state index contributed by atoms with van der Waals surface area (Å²) in [5, 5.41) is 0. The van der Waals surface area contributed by atoms with E-state index in [1.54, 1.807) is 12.1 Å². The molecule has 1 saturated heterocycles. The zero-order valence-electron chi connectivity index (χ0n) is 17.4. The van der Waals surface area contributed by atoms with Gasteiger partial charge in [-0.15, -0.1) is 0 Å². The van der Waals surface area contributed by atoms with Crippen molar-refractivity contribution in [3.05, 3.63) is 59.4 Å². The van der Waals surface area contributed by atoms with Gasteiger partial charge < -0.3 is 9.88 Å². The molecule has 7 nitrogen and oxygen atoms in total. The van der Waals surface area contributed by atoms with Gasteiger partial charge in [-0.1, -0.05) is 18.2 Å². The highest BCUT2D eigenvalue weighted by atomic mass is 32.2. The molecule has 1 fully saturated rings. The molecule has 0 unspecified atom stereocenters. The van der Waals surface area contributed by atoms with E-state index in [4.69, 9.17) is 4.98 Å². The SMILES string of the molecule is Cc1ccc(S(=O)(=O)N(C)C)cc1C(=O)N1CCC[C@@H](c2nc3ccccc3[nH]2)C1. The number of para-hydroxylation sites is 2. The third-order valence-electron chi connectivity index (χ3n) is 5.72. The third kappa shape index (κ3) is 3.73. The first-order chi connectivity index (χ1) is 14.3. The largest absolute Gasteiger partial charge is 0.342 e. The van der Waals surface area contributed by atoms with Gasteiger partial charge in [-0.05, 0) is 49.6 Å². The summed E-state index contributed by atoms with van der Waals surface area (Å²) in [6.45, 7) is 3.04. The zero-order chi connectivity index (χ0) is 21.5. The molecule has 8 heteroatoms. The van der Waals surface area contributed by atoms with Crippen molar-refractivity contribution in [2.75, 3.05) is 27.2 Å². The summed E-state index contributed by atoms with van der Waals surface area (Å²) in [6.07, 6.45) is 1.83. The molecule has 0 radical (unpaired) electrons. The molecule has 0 bridgehead atoms. The van der Waals surface area contributed by atoms with E-state index in [0.717, 1.165) is 39.6 Å². The Kier molecular flexibility index (Phi) is 5.38. The topological polar surface area (TPSA) is 86.4 Å². The number of rotatable bonds is 4. The predicted molar refractivity (Wildman–Crippen MR) is 116 cm³/mol. The first kappa shape index (κ1) is 20.6. The average Bonchev–Trinajstić information content (AvgIpc) is 3.18. The van der Waals surface area contributed by atoms with E-state index in [-0.39, 0.29) is 16.7 Å². The molecule has 0 aliphatic carbocycles. The lowest BCUT2D eigenvalue weighted by atomic mass is 9.96. The van der Waals surface area contributed by atoms with Gasteiger partial charge in [0.15, 0.2) is 0 Å². The van der Waals surface area contributed by atoms with Crippen LogP contribution in [0.4, 0.5) is 0 Å². The summed E-state index contributed by atoms with van der Waals surface area (Å²) in [5.41, 5.74) is 3.12. The molecule has 0 saturated carbocycles. The summed E-state index contributed by atoms with van der Waals surface area (Å²) in [5.74, 6) is 0.891. The molecule has 2 heterocycles. The van der Waals surface area contributed by atoms with Crippen LogP contribution in [0.3, 0.4) is 0 Å². The van der Waals surface area contributed by atoms with Gasteiger partial charge in [-0.2, -0.15) is 0 Å². The molecule has 1 aliphatic heterocycles. The van der Waals surface area contributed by atoms with Crippen molar-refractivity contribution < 1.29 is 13.2 Å². The van der Waals surface area contributed by atoms with Crippen LogP contribution in [0.15, 0.2) is 47.4 Å². The van der Waals surface area contributed by atoms with Crippen LogP contribution in [0, 0.1) is 6.92 Å². The number of hydrogen-bond donors (Lipinski definition) is 1. The van der Waals surface area contributed by atoms with Crippen LogP contribution in [0.5, 0.6) is 0 Å². The standard InChI is InChI=1S/C22H26N4O3S/c1-15-10-11-17(30(28,29)25(2)3)13-18(15)22(27)26-12-6-7-16(14-26)21-23-19-8-4-5-9-20(19)24-21/h4-5,8-11,13,16H,6-7,12,14H2,1-3H3,(H,23,24)/t16-/m1/s1. The fourth-order valence-electron chi connectivity index (χ4n) is 3.92. The number of aromatic amines is 1. The Balaban J connectivity index is 1.60. The molecule has 158 valence electrons. The van der Waals surface area contributed by atoms with Crippen LogP contribution in [0.25, 0.3) is 11.0 Å². The molecule has 1 atom stereocenters. The number of carbonyl (C=O) groups is 1. The van der Waals surface area contributed by atoms with Crippen molar-refractivity contribution in [3.63, 3.8) is 0 Å². The number of carbonyl (C=O) groups excluding carboxylic acids is 1. The number of hydrogen-bond acceptors (Lipinski definition) is 4. The summed E-state index contributed by atoms with van der Waals surface area (Å²) in [4.78, 5) is 23.3. The van der Waals surface area contributed by atoms with E-state index < -0.39 is 10.0 Å². The smallest absolute Gasteiger partial charge is 0.254 e. The Labute approximate surface area is 176 Å². The summed E-state index contributed by atoms with van der Waals surface area (Å²) < 4.78 is 26.2. The highest BCUT2D eigenvalue weighted by Crippen LogP contribution is 2.28. The molecule has 30 heavy (non-hydrogen) atoms. The van der Waals surface area contributed by atoms with Gasteiger partial charge in [0.1, 0.15) is 5.82 Å². The number of aromatic nitrogens is 2. The van der Waals surface area contributed by atoms with Gasteiger partial charge in [0.05, 0.1) is 15.9 Å². The number of aryl methyl sites for hydroxylation is 1. The van der Waals surface area contributed by atoms with Crippen molar-refractivity contribution in [1.82, 2.24) is 19.2 Å². The lowest BCUT2D eigenvalue weighted by Gasteiger charge is -2.32. The Morgan fingerprint density at radius 1 is 1.20 bits per heavy atom. The minimum absolute atomic E-state index is 0.129. The maximum absolute atomic E-state index is 13.3. The van der Waals surface area contributed by atoms with E-state index >= 15 is 0 Å². The molecule has 1 aliphatic rings. The normalized spacial score (nSPS) is 17.6. The second-order valence-electron chi connectivity index (χ2n) is 7.99. The minimum atomic E-state index is -3.60. The number of sulfonamides is 1. The number of amides is 1. The molecule has 1 aromatic heterocycles. The second kappa shape index (κ2) is 7.85. The number of benzene rings is 2. The number of H-pyrrole nitrogens is 1. The fourth-order valence-corrected chi connectivity index (χ4v) is 4.85. The first-order valence-corrected chi connectivity index (χ1v) is 11.5. The summed E-state index contributed by atoms with van der Waals surface area (Å²) in [6, 6.07) is 12.6. The second-order valence-corrected chi connectivity index (χ2v) is 10.1. The maximum atomic E-state index is 13.3. The van der Waals surface area contributed by atoms with Crippen molar-refractivity contribution in [2.45, 2.75) is 30.6 Å². The molecule has 4 rings (SSSR count). The van der Waals surface area contributed by atoms with Gasteiger partial charge >= 0.3 is 0 Å². The summed E-state index contributed by atoms with van der Waals surface area (Å²) in [7, 11) is -0.631. The highest BCUT2D eigenvalue weighted by molar-refractivity contribution is 7.89. The Hall–Kier alpha value is -2.71. The van der Waals surface area contributed by atoms with Gasteiger partial charge in [-0.25, -0.2) is 17.7 Å². The highest BCUT2D eigenvalue weighted by Gasteiger charge is 2.29. The van der Waals surface area contributed by atoms with Gasteiger partial charge in [0, 0.05) is 38.7 Å². The minimum Gasteiger partial charge on any atom is -0.342 e. The van der Waals surface area contributed by atoms with Gasteiger partial charge in [-0.3, -0.25) is 4.79 Å². The van der Waals surface area contributed by atoms with E-state index in [0.29, 0.717) is 18.7 Å². The molecule has 1 amide bonds. The molecule has 2 aromatic carbocycles. The van der Waals surface area contributed by atoms with E-state index in [2.05, 4.69) is 4.98 Å². The molecule has 0 spiro atoms. The number of piperidine rings is 1. The summed E-state index contributed by atoms with van der Waals surface area (Å²) >= 11 is 0. The zero-order valence-corrected chi connectivity index (χ0v) is 18.2. The first-order valence-electron chi connectivity index (χ1n) is 10.0. The van der Waals surface area contributed by atoms with Gasteiger partial charge in [0.2, 0.25) is 10.0 Å². The number of likely N-dealkylation sites (tertiary alicyclic amines) is 1. The fraction of sp³-hybridized carbons (Fsp3) is 0.364. The average molecular weight is 427 g/mol. The number of fused-ring (bicyclic) bond motifs is 1. The van der Waals surface area contributed by atoms with Crippen LogP contribution in [0.2, 0.25) is 0 Å². The van der Waals surface area contributed by atoms with Gasteiger partial charge in [0.25, 0.3) is 5.91 Å². The van der Waals surface area contributed by atoms with E-state index in [1.807, 2.05) is 36.1 Å². The molecule has 1 N–H and O–H groups in total. The Morgan fingerprint density at radius 3 is 2.70 bits per heavy atom. The predicted octanol–water partition coefficient (Wildman–Crippen LogP) is 3.14. The Bertz CT molecular complexity index is 1170. The van der Waals surface area contributed by atoms with Crippen molar-refractivity contribution >= 4 is 27.0 Å². The maximum Gasteiger partial charge on any atom is 0.254 e. The van der Waals surface area contributed by atoms with E-state index in [1.165, 1.54) is 20.2 Å². The number of imidazole rings is 1. The molecule has 3 aromatic rings. The third-order valence-corrected chi connectivity index (χ3v) is 7.53. The van der Waals surface area contributed by atoms with E-state index in [9.17, 15) is 13.2 Å². The quantitative estimate of drug-likeness (QED) is 0.694. The van der Waals surface area contributed by atoms with Crippen LogP contribution in [0.1, 0.15) is 40.5 Å². The lowest BCUT2D eigenvalue weighted by Crippen LogP contribution is -2.39. The Morgan fingerprint density at radius 2 is 1.97 bits per heavy atom. The van der Waals surface area contributed by atoms with Crippen LogP contribution in [-0.2, 0) is 10.0 Å². The lowest BCUT2D eigenvalue weighted by molar-refractivity contribution is 0.0704. The number of nitrogens with zero attached hydrogens (tertiary/aromatic N) is 3. The van der Waals surface area contributed by atoms with Crippen LogP contribution in [-0.4, -0.2) is 60.7 Å². The molecular formula is C22H26N4O3S. The monoisotopic (exact) mass is 426 g/mol.